The lowest BCUT2D eigenvalue weighted by Gasteiger charge is -2.37. The van der Waals surface area contributed by atoms with Crippen LogP contribution < -0.4 is 5.32 Å². The molecule has 0 aromatic carbocycles. The van der Waals surface area contributed by atoms with Gasteiger partial charge in [-0.1, -0.05) is 6.42 Å². The van der Waals surface area contributed by atoms with Gasteiger partial charge in [0.25, 0.3) is 0 Å². The first-order chi connectivity index (χ1) is 7.64. The summed E-state index contributed by atoms with van der Waals surface area (Å²) in [5.74, 6) is -0.777. The van der Waals surface area contributed by atoms with Crippen LogP contribution in [-0.2, 0) is 4.79 Å². The summed E-state index contributed by atoms with van der Waals surface area (Å²) in [6.45, 7) is 1.87. The van der Waals surface area contributed by atoms with E-state index < -0.39 is 11.4 Å². The van der Waals surface area contributed by atoms with Crippen molar-refractivity contribution < 1.29 is 14.7 Å². The Kier molecular flexibility index (Phi) is 3.03. The molecule has 0 radical (unpaired) electrons. The molecule has 2 rings (SSSR count). The summed E-state index contributed by atoms with van der Waals surface area (Å²) < 4.78 is 0. The summed E-state index contributed by atoms with van der Waals surface area (Å²) in [5, 5.41) is 11.9. The number of hydrogen-bond acceptors (Lipinski definition) is 2. The number of nitrogens with one attached hydrogen (secondary N) is 1. The van der Waals surface area contributed by atoms with Gasteiger partial charge in [0.2, 0.25) is 0 Å². The zero-order valence-corrected chi connectivity index (χ0v) is 9.37. The molecule has 2 fully saturated rings. The van der Waals surface area contributed by atoms with Crippen LogP contribution in [0.1, 0.15) is 32.1 Å². The second-order valence-corrected chi connectivity index (χ2v) is 4.79. The molecule has 90 valence electrons. The van der Waals surface area contributed by atoms with Crippen LogP contribution in [0.15, 0.2) is 0 Å². The summed E-state index contributed by atoms with van der Waals surface area (Å²) in [4.78, 5) is 24.5. The molecule has 0 bridgehead atoms. The third-order valence-electron chi connectivity index (χ3n) is 3.74. The molecule has 0 spiro atoms. The van der Waals surface area contributed by atoms with Crippen LogP contribution in [0.3, 0.4) is 0 Å². The average Bonchev–Trinajstić information content (AvgIpc) is 2.67. The quantitative estimate of drug-likeness (QED) is 0.755. The number of likely N-dealkylation sites (tertiary alicyclic amines) is 1. The SMILES string of the molecule is O=C(NCC1(C(=O)O)CCC1)N1CCCC1. The van der Waals surface area contributed by atoms with E-state index >= 15 is 0 Å². The molecule has 5 nitrogen and oxygen atoms in total. The second-order valence-electron chi connectivity index (χ2n) is 4.79. The molecule has 2 amide bonds. The molecule has 1 heterocycles. The van der Waals surface area contributed by atoms with Crippen LogP contribution in [0, 0.1) is 5.41 Å². The highest BCUT2D eigenvalue weighted by Gasteiger charge is 2.44. The molecule has 0 atom stereocenters. The van der Waals surface area contributed by atoms with Gasteiger partial charge in [0.15, 0.2) is 0 Å². The van der Waals surface area contributed by atoms with Gasteiger partial charge in [-0.15, -0.1) is 0 Å². The van der Waals surface area contributed by atoms with Gasteiger partial charge < -0.3 is 15.3 Å². The average molecular weight is 226 g/mol. The molecule has 2 aliphatic rings. The number of hydrogen-bond donors (Lipinski definition) is 2. The van der Waals surface area contributed by atoms with E-state index in [0.717, 1.165) is 32.4 Å². The molecule has 1 aliphatic carbocycles. The monoisotopic (exact) mass is 226 g/mol. The van der Waals surface area contributed by atoms with Crippen molar-refractivity contribution in [3.05, 3.63) is 0 Å². The van der Waals surface area contributed by atoms with Crippen LogP contribution in [0.4, 0.5) is 4.79 Å². The standard InChI is InChI=1S/C11H18N2O3/c14-9(15)11(4-3-5-11)8-12-10(16)13-6-1-2-7-13/h1-8H2,(H,12,16)(H,14,15). The molecule has 0 unspecified atom stereocenters. The maximum atomic E-state index is 11.7. The Labute approximate surface area is 94.8 Å². The second kappa shape index (κ2) is 4.31. The highest BCUT2D eigenvalue weighted by Crippen LogP contribution is 2.40. The molecule has 16 heavy (non-hydrogen) atoms. The van der Waals surface area contributed by atoms with Crippen molar-refractivity contribution in [1.29, 1.82) is 0 Å². The smallest absolute Gasteiger partial charge is 0.317 e. The number of carbonyl (C=O) groups is 2. The van der Waals surface area contributed by atoms with Crippen molar-refractivity contribution >= 4 is 12.0 Å². The minimum absolute atomic E-state index is 0.106. The Morgan fingerprint density at radius 1 is 1.19 bits per heavy atom. The summed E-state index contributed by atoms with van der Waals surface area (Å²) in [7, 11) is 0. The zero-order chi connectivity index (χ0) is 11.6. The highest BCUT2D eigenvalue weighted by molar-refractivity contribution is 5.79. The van der Waals surface area contributed by atoms with E-state index in [1.54, 1.807) is 4.90 Å². The van der Waals surface area contributed by atoms with Gasteiger partial charge in [0.05, 0.1) is 5.41 Å². The fraction of sp³-hybridized carbons (Fsp3) is 0.818. The van der Waals surface area contributed by atoms with Gasteiger partial charge in [0, 0.05) is 19.6 Å². The van der Waals surface area contributed by atoms with Gasteiger partial charge in [-0.05, 0) is 25.7 Å². The molecule has 1 aliphatic heterocycles. The molecular weight excluding hydrogens is 208 g/mol. The van der Waals surface area contributed by atoms with Gasteiger partial charge in [-0.2, -0.15) is 0 Å². The lowest BCUT2D eigenvalue weighted by atomic mass is 9.69. The van der Waals surface area contributed by atoms with E-state index in [2.05, 4.69) is 5.32 Å². The Hall–Kier alpha value is -1.26. The van der Waals surface area contributed by atoms with E-state index in [1.165, 1.54) is 0 Å². The van der Waals surface area contributed by atoms with Crippen LogP contribution in [0.2, 0.25) is 0 Å². The van der Waals surface area contributed by atoms with Crippen molar-refractivity contribution in [3.63, 3.8) is 0 Å². The van der Waals surface area contributed by atoms with E-state index in [1.807, 2.05) is 0 Å². The Morgan fingerprint density at radius 3 is 2.25 bits per heavy atom. The van der Waals surface area contributed by atoms with Crippen molar-refractivity contribution in [1.82, 2.24) is 10.2 Å². The molecule has 0 aromatic heterocycles. The highest BCUT2D eigenvalue weighted by atomic mass is 16.4. The molecule has 2 N–H and O–H groups in total. The molecule has 0 aromatic rings. The molecule has 5 heteroatoms. The number of rotatable bonds is 3. The minimum atomic E-state index is -0.777. The molecule has 1 saturated carbocycles. The third-order valence-corrected chi connectivity index (χ3v) is 3.74. The molecule has 1 saturated heterocycles. The van der Waals surface area contributed by atoms with Crippen molar-refractivity contribution in [2.24, 2.45) is 5.41 Å². The first-order valence-electron chi connectivity index (χ1n) is 5.90. The lowest BCUT2D eigenvalue weighted by Crippen LogP contribution is -2.50. The number of amides is 2. The van der Waals surface area contributed by atoms with Crippen LogP contribution >= 0.6 is 0 Å². The predicted molar refractivity (Wildman–Crippen MR) is 58.1 cm³/mol. The summed E-state index contributed by atoms with van der Waals surface area (Å²) in [6.07, 6.45) is 4.42. The normalized spacial score (nSPS) is 22.6. The third kappa shape index (κ3) is 1.99. The summed E-state index contributed by atoms with van der Waals surface area (Å²) in [6, 6.07) is -0.106. The van der Waals surface area contributed by atoms with Crippen LogP contribution in [-0.4, -0.2) is 41.6 Å². The largest absolute Gasteiger partial charge is 0.481 e. The topological polar surface area (TPSA) is 69.6 Å². The van der Waals surface area contributed by atoms with Gasteiger partial charge in [-0.3, -0.25) is 4.79 Å². The van der Waals surface area contributed by atoms with E-state index in [4.69, 9.17) is 5.11 Å². The van der Waals surface area contributed by atoms with E-state index in [-0.39, 0.29) is 12.6 Å². The number of carboxylic acids is 1. The lowest BCUT2D eigenvalue weighted by molar-refractivity contribution is -0.153. The minimum Gasteiger partial charge on any atom is -0.481 e. The van der Waals surface area contributed by atoms with Gasteiger partial charge >= 0.3 is 12.0 Å². The Bertz CT molecular complexity index is 294. The first-order valence-corrected chi connectivity index (χ1v) is 5.90. The maximum Gasteiger partial charge on any atom is 0.317 e. The Morgan fingerprint density at radius 2 is 1.81 bits per heavy atom. The Balaban J connectivity index is 1.81. The maximum absolute atomic E-state index is 11.7. The summed E-state index contributed by atoms with van der Waals surface area (Å²) in [5.41, 5.74) is -0.685. The predicted octanol–water partition coefficient (Wildman–Crippen LogP) is 1.05. The number of carboxylic acid groups (broad SMARTS) is 1. The van der Waals surface area contributed by atoms with Crippen molar-refractivity contribution in [2.45, 2.75) is 32.1 Å². The van der Waals surface area contributed by atoms with Crippen LogP contribution in [0.25, 0.3) is 0 Å². The number of carbonyl (C=O) groups excluding carboxylic acids is 1. The zero-order valence-electron chi connectivity index (χ0n) is 9.37. The number of nitrogens with zero attached hydrogens (tertiary/aromatic N) is 1. The molecular formula is C11H18N2O3. The van der Waals surface area contributed by atoms with Crippen LogP contribution in [0.5, 0.6) is 0 Å². The first kappa shape index (κ1) is 11.2. The van der Waals surface area contributed by atoms with E-state index in [9.17, 15) is 9.59 Å². The van der Waals surface area contributed by atoms with Crippen molar-refractivity contribution in [3.8, 4) is 0 Å². The summed E-state index contributed by atoms with van der Waals surface area (Å²) >= 11 is 0. The van der Waals surface area contributed by atoms with Crippen molar-refractivity contribution in [2.75, 3.05) is 19.6 Å². The van der Waals surface area contributed by atoms with Gasteiger partial charge in [0.1, 0.15) is 0 Å². The van der Waals surface area contributed by atoms with Gasteiger partial charge in [-0.25, -0.2) is 4.79 Å². The fourth-order valence-corrected chi connectivity index (χ4v) is 2.35. The number of urea groups is 1. The number of aliphatic carboxylic acids is 1. The van der Waals surface area contributed by atoms with E-state index in [0.29, 0.717) is 12.8 Å². The fourth-order valence-electron chi connectivity index (χ4n) is 2.35.